The fraction of sp³-hybridized carbons (Fsp3) is 0.200. The third-order valence-corrected chi connectivity index (χ3v) is 2.91. The predicted octanol–water partition coefficient (Wildman–Crippen LogP) is 1.99. The van der Waals surface area contributed by atoms with Gasteiger partial charge in [0.25, 0.3) is 11.8 Å². The molecule has 2 rings (SSSR count). The van der Waals surface area contributed by atoms with Gasteiger partial charge in [-0.1, -0.05) is 19.1 Å². The number of benzene rings is 1. The molecule has 0 fully saturated rings. The number of aromatic nitrogens is 1. The summed E-state index contributed by atoms with van der Waals surface area (Å²) in [5.41, 5.74) is 7.28. The molecule has 1 heterocycles. The number of aromatic amines is 1. The van der Waals surface area contributed by atoms with E-state index in [1.807, 2.05) is 6.92 Å². The molecule has 5 N–H and O–H groups in total. The van der Waals surface area contributed by atoms with Crippen LogP contribution in [0.3, 0.4) is 0 Å². The maximum atomic E-state index is 12.1. The molecule has 0 saturated heterocycles. The van der Waals surface area contributed by atoms with Gasteiger partial charge in [0.1, 0.15) is 5.69 Å². The van der Waals surface area contributed by atoms with Crippen LogP contribution in [0.5, 0.6) is 0 Å². The Labute approximate surface area is 122 Å². The number of anilines is 2. The van der Waals surface area contributed by atoms with Crippen molar-refractivity contribution in [2.75, 3.05) is 17.6 Å². The van der Waals surface area contributed by atoms with Crippen LogP contribution in [0.25, 0.3) is 0 Å². The third kappa shape index (κ3) is 3.62. The van der Waals surface area contributed by atoms with Crippen LogP contribution in [0.15, 0.2) is 36.5 Å². The molecule has 6 heteroatoms. The Hall–Kier alpha value is -2.76. The number of hydrogen-bond acceptors (Lipinski definition) is 3. The number of nitrogens with one attached hydrogen (secondary N) is 3. The topological polar surface area (TPSA) is 100 Å². The van der Waals surface area contributed by atoms with E-state index < -0.39 is 0 Å². The average molecular weight is 286 g/mol. The second-order valence-corrected chi connectivity index (χ2v) is 4.60. The molecule has 0 bridgehead atoms. The van der Waals surface area contributed by atoms with E-state index in [0.29, 0.717) is 29.2 Å². The molecular weight excluding hydrogens is 268 g/mol. The van der Waals surface area contributed by atoms with Gasteiger partial charge in [-0.05, 0) is 24.6 Å². The lowest BCUT2D eigenvalue weighted by molar-refractivity contribution is 0.0954. The standard InChI is InChI=1S/C15H18N4O2/c1-2-7-17-14(20)11-5-3-4-6-12(11)19-15(21)13-8-10(16)9-18-13/h3-6,8-9,18H,2,7,16H2,1H3,(H,17,20)(H,19,21). The monoisotopic (exact) mass is 286 g/mol. The largest absolute Gasteiger partial charge is 0.397 e. The van der Waals surface area contributed by atoms with E-state index in [1.165, 1.54) is 12.3 Å². The number of nitrogens with two attached hydrogens (primary N) is 1. The van der Waals surface area contributed by atoms with Gasteiger partial charge in [-0.15, -0.1) is 0 Å². The van der Waals surface area contributed by atoms with E-state index in [-0.39, 0.29) is 11.8 Å². The molecule has 2 amide bonds. The first kappa shape index (κ1) is 14.6. The van der Waals surface area contributed by atoms with Crippen molar-refractivity contribution in [3.8, 4) is 0 Å². The van der Waals surface area contributed by atoms with E-state index in [2.05, 4.69) is 15.6 Å². The van der Waals surface area contributed by atoms with Crippen molar-refractivity contribution in [1.29, 1.82) is 0 Å². The molecule has 0 saturated carbocycles. The summed E-state index contributed by atoms with van der Waals surface area (Å²) < 4.78 is 0. The Morgan fingerprint density at radius 1 is 1.24 bits per heavy atom. The van der Waals surface area contributed by atoms with Gasteiger partial charge in [0.2, 0.25) is 0 Å². The predicted molar refractivity (Wildman–Crippen MR) is 82.2 cm³/mol. The fourth-order valence-electron chi connectivity index (χ4n) is 1.86. The highest BCUT2D eigenvalue weighted by Crippen LogP contribution is 2.16. The molecule has 2 aromatic rings. The molecule has 6 nitrogen and oxygen atoms in total. The fourth-order valence-corrected chi connectivity index (χ4v) is 1.86. The molecule has 0 aliphatic rings. The number of H-pyrrole nitrogens is 1. The Morgan fingerprint density at radius 2 is 2.00 bits per heavy atom. The summed E-state index contributed by atoms with van der Waals surface area (Å²) in [6, 6.07) is 8.41. The number of rotatable bonds is 5. The number of amides is 2. The summed E-state index contributed by atoms with van der Waals surface area (Å²) in [5.74, 6) is -0.554. The van der Waals surface area contributed by atoms with Crippen LogP contribution in [0, 0.1) is 0 Å². The molecule has 0 aliphatic carbocycles. The number of carbonyl (C=O) groups is 2. The summed E-state index contributed by atoms with van der Waals surface area (Å²) >= 11 is 0. The first-order valence-corrected chi connectivity index (χ1v) is 6.74. The zero-order chi connectivity index (χ0) is 15.2. The van der Waals surface area contributed by atoms with Crippen molar-refractivity contribution in [2.24, 2.45) is 0 Å². The Kier molecular flexibility index (Phi) is 4.61. The minimum Gasteiger partial charge on any atom is -0.397 e. The minimum atomic E-state index is -0.345. The molecule has 1 aromatic carbocycles. The highest BCUT2D eigenvalue weighted by molar-refractivity contribution is 6.08. The van der Waals surface area contributed by atoms with E-state index >= 15 is 0 Å². The first-order chi connectivity index (χ1) is 10.1. The molecule has 1 aromatic heterocycles. The zero-order valence-electron chi connectivity index (χ0n) is 11.8. The molecule has 0 aliphatic heterocycles. The molecular formula is C15H18N4O2. The van der Waals surface area contributed by atoms with Gasteiger partial charge in [0.05, 0.1) is 11.3 Å². The van der Waals surface area contributed by atoms with Gasteiger partial charge in [-0.25, -0.2) is 0 Å². The van der Waals surface area contributed by atoms with E-state index in [9.17, 15) is 9.59 Å². The van der Waals surface area contributed by atoms with Gasteiger partial charge < -0.3 is 21.4 Å². The van der Waals surface area contributed by atoms with Crippen molar-refractivity contribution in [1.82, 2.24) is 10.3 Å². The van der Waals surface area contributed by atoms with Crippen LogP contribution in [0.2, 0.25) is 0 Å². The Morgan fingerprint density at radius 3 is 2.67 bits per heavy atom. The summed E-state index contributed by atoms with van der Waals surface area (Å²) in [6.45, 7) is 2.57. The van der Waals surface area contributed by atoms with Gasteiger partial charge in [0, 0.05) is 18.4 Å². The van der Waals surface area contributed by atoms with Crippen molar-refractivity contribution in [2.45, 2.75) is 13.3 Å². The second kappa shape index (κ2) is 6.60. The smallest absolute Gasteiger partial charge is 0.272 e. The van der Waals surface area contributed by atoms with Crippen molar-refractivity contribution >= 4 is 23.2 Å². The number of nitrogen functional groups attached to an aromatic ring is 1. The lowest BCUT2D eigenvalue weighted by Crippen LogP contribution is -2.25. The minimum absolute atomic E-state index is 0.209. The molecule has 0 unspecified atom stereocenters. The zero-order valence-corrected chi connectivity index (χ0v) is 11.8. The van der Waals surface area contributed by atoms with Crippen LogP contribution < -0.4 is 16.4 Å². The average Bonchev–Trinajstić information content (AvgIpc) is 2.92. The van der Waals surface area contributed by atoms with Crippen LogP contribution in [-0.2, 0) is 0 Å². The van der Waals surface area contributed by atoms with E-state index in [1.54, 1.807) is 24.3 Å². The highest BCUT2D eigenvalue weighted by Gasteiger charge is 2.14. The lowest BCUT2D eigenvalue weighted by Gasteiger charge is -2.10. The molecule has 21 heavy (non-hydrogen) atoms. The van der Waals surface area contributed by atoms with Crippen LogP contribution in [0.4, 0.5) is 11.4 Å². The number of para-hydroxylation sites is 1. The van der Waals surface area contributed by atoms with Crippen molar-refractivity contribution in [3.63, 3.8) is 0 Å². The summed E-state index contributed by atoms with van der Waals surface area (Å²) in [5, 5.41) is 5.50. The van der Waals surface area contributed by atoms with Gasteiger partial charge in [0.15, 0.2) is 0 Å². The summed E-state index contributed by atoms with van der Waals surface area (Å²) in [7, 11) is 0. The molecule has 0 atom stereocenters. The quantitative estimate of drug-likeness (QED) is 0.676. The van der Waals surface area contributed by atoms with Crippen LogP contribution >= 0.6 is 0 Å². The number of hydrogen-bond donors (Lipinski definition) is 4. The van der Waals surface area contributed by atoms with E-state index in [0.717, 1.165) is 6.42 Å². The molecule has 0 radical (unpaired) electrons. The Balaban J connectivity index is 2.16. The molecule has 0 spiro atoms. The first-order valence-electron chi connectivity index (χ1n) is 6.74. The van der Waals surface area contributed by atoms with Crippen molar-refractivity contribution in [3.05, 3.63) is 47.8 Å². The highest BCUT2D eigenvalue weighted by atomic mass is 16.2. The maximum Gasteiger partial charge on any atom is 0.272 e. The SMILES string of the molecule is CCCNC(=O)c1ccccc1NC(=O)c1cc(N)c[nH]1. The van der Waals surface area contributed by atoms with Crippen LogP contribution in [0.1, 0.15) is 34.2 Å². The van der Waals surface area contributed by atoms with Gasteiger partial charge in [-0.3, -0.25) is 9.59 Å². The summed E-state index contributed by atoms with van der Waals surface area (Å²) in [6.07, 6.45) is 2.39. The van der Waals surface area contributed by atoms with Gasteiger partial charge >= 0.3 is 0 Å². The number of carbonyl (C=O) groups excluding carboxylic acids is 2. The normalized spacial score (nSPS) is 10.1. The van der Waals surface area contributed by atoms with Crippen LogP contribution in [-0.4, -0.2) is 23.3 Å². The third-order valence-electron chi connectivity index (χ3n) is 2.91. The molecule has 110 valence electrons. The summed E-state index contributed by atoms with van der Waals surface area (Å²) in [4.78, 5) is 26.9. The lowest BCUT2D eigenvalue weighted by atomic mass is 10.1. The Bertz CT molecular complexity index is 649. The van der Waals surface area contributed by atoms with Crippen molar-refractivity contribution < 1.29 is 9.59 Å². The maximum absolute atomic E-state index is 12.1. The van der Waals surface area contributed by atoms with E-state index in [4.69, 9.17) is 5.73 Å². The van der Waals surface area contributed by atoms with Gasteiger partial charge in [-0.2, -0.15) is 0 Å². The second-order valence-electron chi connectivity index (χ2n) is 4.60.